The van der Waals surface area contributed by atoms with Crippen molar-refractivity contribution in [2.45, 2.75) is 52.5 Å². The number of allylic oxidation sites excluding steroid dienone is 6. The monoisotopic (exact) mass is 669 g/mol. The first kappa shape index (κ1) is 28.4. The van der Waals surface area contributed by atoms with Crippen LogP contribution in [0.15, 0.2) is 76.4 Å². The van der Waals surface area contributed by atoms with Crippen molar-refractivity contribution in [1.29, 1.82) is 0 Å². The van der Waals surface area contributed by atoms with E-state index in [2.05, 4.69) is 90.1 Å². The predicted octanol–water partition coefficient (Wildman–Crippen LogP) is 4.49. The Balaban J connectivity index is 1.39. The molecular formula is C32H33N2O4Se2+. The maximum absolute atomic E-state index is 11.3. The van der Waals surface area contributed by atoms with Crippen molar-refractivity contribution in [3.8, 4) is 0 Å². The molecule has 2 aliphatic rings. The molecule has 5 rings (SSSR count). The molecule has 206 valence electrons. The van der Waals surface area contributed by atoms with Crippen LogP contribution in [-0.2, 0) is 16.1 Å². The number of hydrogen-bond donors (Lipinski definition) is 2. The van der Waals surface area contributed by atoms with E-state index in [0.717, 1.165) is 30.5 Å². The fourth-order valence-electron chi connectivity index (χ4n) is 5.05. The average Bonchev–Trinajstić information content (AvgIpc) is 3.44. The zero-order valence-electron chi connectivity index (χ0n) is 22.7. The van der Waals surface area contributed by atoms with Crippen LogP contribution in [0.5, 0.6) is 0 Å². The molecule has 0 saturated heterocycles. The van der Waals surface area contributed by atoms with Crippen molar-refractivity contribution in [1.82, 2.24) is 0 Å². The number of fused-ring (bicyclic) bond motifs is 2. The van der Waals surface area contributed by atoms with Crippen LogP contribution in [0, 0.1) is 13.8 Å². The summed E-state index contributed by atoms with van der Waals surface area (Å²) in [4.78, 5) is 24.8. The maximum atomic E-state index is 11.3. The molecule has 1 aliphatic carbocycles. The molecule has 0 spiro atoms. The average molecular weight is 668 g/mol. The molecule has 0 bridgehead atoms. The number of aryl methyl sites for hydroxylation is 3. The number of benzene rings is 2. The molecule has 1 aromatic heterocycles. The third-order valence-corrected chi connectivity index (χ3v) is 11.8. The minimum absolute atomic E-state index is 0.111. The first-order valence-electron chi connectivity index (χ1n) is 13.5. The summed E-state index contributed by atoms with van der Waals surface area (Å²) in [5.74, 6) is -1.56. The molecule has 0 amide bonds. The standard InChI is InChI=1S/C32H32N2O4Se2/c1-21-6-10-27-25(18-21)33(16-14-31(35)36)29(39-27)12-8-23-4-3-5-24(20-23)9-13-30-34(17-15-32(37)38)26-19-22(2)7-11-28(26)40-30/h6-13,18-20H,3-5,14-17H2,1-2H3,(H-,35,36,37,38)/p+1. The van der Waals surface area contributed by atoms with E-state index in [1.165, 1.54) is 40.2 Å². The molecule has 6 nitrogen and oxygen atoms in total. The Morgan fingerprint density at radius 2 is 1.75 bits per heavy atom. The Bertz CT molecular complexity index is 1600. The van der Waals surface area contributed by atoms with Crippen LogP contribution in [0.2, 0.25) is 0 Å². The van der Waals surface area contributed by atoms with Crippen molar-refractivity contribution in [3.05, 3.63) is 92.1 Å². The van der Waals surface area contributed by atoms with Crippen LogP contribution >= 0.6 is 0 Å². The van der Waals surface area contributed by atoms with Crippen LogP contribution in [0.25, 0.3) is 15.9 Å². The third kappa shape index (κ3) is 6.76. The molecule has 0 atom stereocenters. The van der Waals surface area contributed by atoms with Gasteiger partial charge in [0.1, 0.15) is 0 Å². The fraction of sp³-hybridized carbons (Fsp3) is 0.281. The van der Waals surface area contributed by atoms with Gasteiger partial charge in [0.05, 0.1) is 0 Å². The molecule has 40 heavy (non-hydrogen) atoms. The Morgan fingerprint density at radius 3 is 2.55 bits per heavy atom. The van der Waals surface area contributed by atoms with Gasteiger partial charge in [-0.15, -0.1) is 0 Å². The third-order valence-electron chi connectivity index (χ3n) is 7.05. The first-order valence-corrected chi connectivity index (χ1v) is 16.9. The number of carboxylic acids is 2. The molecule has 0 unspecified atom stereocenters. The van der Waals surface area contributed by atoms with Gasteiger partial charge in [0.25, 0.3) is 0 Å². The second-order valence-electron chi connectivity index (χ2n) is 10.2. The van der Waals surface area contributed by atoms with Crippen molar-refractivity contribution in [2.24, 2.45) is 0 Å². The van der Waals surface area contributed by atoms with Crippen LogP contribution < -0.4 is 13.9 Å². The van der Waals surface area contributed by atoms with E-state index in [-0.39, 0.29) is 42.3 Å². The van der Waals surface area contributed by atoms with Crippen LogP contribution in [0.4, 0.5) is 5.69 Å². The zero-order valence-corrected chi connectivity index (χ0v) is 26.1. The summed E-state index contributed by atoms with van der Waals surface area (Å²) in [6.45, 7) is 5.11. The summed E-state index contributed by atoms with van der Waals surface area (Å²) in [5, 5.41) is 18.6. The number of hydrogen-bond acceptors (Lipinski definition) is 3. The summed E-state index contributed by atoms with van der Waals surface area (Å²) in [7, 11) is 0. The van der Waals surface area contributed by atoms with E-state index >= 15 is 0 Å². The molecule has 2 N–H and O–H groups in total. The molecular weight excluding hydrogens is 634 g/mol. The van der Waals surface area contributed by atoms with Gasteiger partial charge in [-0.2, -0.15) is 0 Å². The van der Waals surface area contributed by atoms with Gasteiger partial charge in [-0.3, -0.25) is 0 Å². The predicted molar refractivity (Wildman–Crippen MR) is 161 cm³/mol. The summed E-state index contributed by atoms with van der Waals surface area (Å²) in [6.07, 6.45) is 14.4. The van der Waals surface area contributed by atoms with E-state index in [1.54, 1.807) is 0 Å². The topological polar surface area (TPSA) is 81.7 Å². The summed E-state index contributed by atoms with van der Waals surface area (Å²) in [6, 6.07) is 12.9. The Labute approximate surface area is 246 Å². The molecule has 0 saturated carbocycles. The van der Waals surface area contributed by atoms with Gasteiger partial charge in [-0.1, -0.05) is 0 Å². The van der Waals surface area contributed by atoms with Crippen LogP contribution in [0.3, 0.4) is 0 Å². The Kier molecular flexibility index (Phi) is 8.92. The van der Waals surface area contributed by atoms with Gasteiger partial charge in [-0.25, -0.2) is 0 Å². The molecule has 2 heterocycles. The molecule has 3 aromatic rings. The van der Waals surface area contributed by atoms with Gasteiger partial charge in [0.15, 0.2) is 0 Å². The summed E-state index contributed by atoms with van der Waals surface area (Å²) in [5.41, 5.74) is 7.22. The van der Waals surface area contributed by atoms with Crippen molar-refractivity contribution < 1.29 is 24.4 Å². The number of aromatic nitrogens is 1. The van der Waals surface area contributed by atoms with E-state index in [1.807, 2.05) is 0 Å². The summed E-state index contributed by atoms with van der Waals surface area (Å²) >= 11 is 0.293. The van der Waals surface area contributed by atoms with E-state index < -0.39 is 11.9 Å². The van der Waals surface area contributed by atoms with Crippen molar-refractivity contribution in [2.75, 3.05) is 11.4 Å². The molecule has 0 radical (unpaired) electrons. The van der Waals surface area contributed by atoms with Crippen LogP contribution in [-0.4, -0.2) is 58.2 Å². The first-order chi connectivity index (χ1) is 19.3. The molecule has 2 aromatic carbocycles. The van der Waals surface area contributed by atoms with Crippen LogP contribution in [0.1, 0.15) is 47.8 Å². The van der Waals surface area contributed by atoms with Gasteiger partial charge < -0.3 is 0 Å². The summed E-state index contributed by atoms with van der Waals surface area (Å²) < 4.78 is 7.18. The SMILES string of the molecule is Cc1ccc2c(c1)N(CCC(=O)O)/C(=C/C=C1C=C(/C=C/c3[se]c4ccc(C)cc4[n+]3CCC(=O)O)CCC/1)[Se]2. The van der Waals surface area contributed by atoms with Gasteiger partial charge in [0.2, 0.25) is 0 Å². The number of aliphatic carboxylic acids is 2. The minimum atomic E-state index is -0.779. The normalized spacial score (nSPS) is 17.2. The number of anilines is 1. The second kappa shape index (κ2) is 12.6. The van der Waals surface area contributed by atoms with Gasteiger partial charge in [0, 0.05) is 0 Å². The number of carbonyl (C=O) groups is 2. The van der Waals surface area contributed by atoms with Crippen molar-refractivity contribution >= 4 is 67.4 Å². The van der Waals surface area contributed by atoms with E-state index in [4.69, 9.17) is 0 Å². The van der Waals surface area contributed by atoms with Crippen molar-refractivity contribution in [3.63, 3.8) is 0 Å². The Morgan fingerprint density at radius 1 is 0.975 bits per heavy atom. The quantitative estimate of drug-likeness (QED) is 0.260. The molecule has 8 heteroatoms. The van der Waals surface area contributed by atoms with E-state index in [9.17, 15) is 19.8 Å². The Hall–Kier alpha value is -3.15. The second-order valence-corrected chi connectivity index (χ2v) is 14.7. The van der Waals surface area contributed by atoms with Gasteiger partial charge in [-0.05, 0) is 0 Å². The number of rotatable bonds is 9. The number of nitrogens with zero attached hydrogens (tertiary/aromatic N) is 2. The zero-order chi connectivity index (χ0) is 28.2. The van der Waals surface area contributed by atoms with E-state index in [0.29, 0.717) is 13.1 Å². The molecule has 1 aliphatic heterocycles. The number of carboxylic acid groups (broad SMARTS) is 2. The fourth-order valence-corrected chi connectivity index (χ4v) is 9.54. The van der Waals surface area contributed by atoms with Gasteiger partial charge >= 0.3 is 248 Å². The molecule has 0 fully saturated rings.